The number of nitrogens with zero attached hydrogens (tertiary/aromatic N) is 2. The molecule has 2 aromatic rings. The first-order valence-corrected chi connectivity index (χ1v) is 9.49. The summed E-state index contributed by atoms with van der Waals surface area (Å²) in [6, 6.07) is 12.1. The van der Waals surface area contributed by atoms with E-state index in [0.717, 1.165) is 48.8 Å². The third kappa shape index (κ3) is 3.84. The number of ether oxygens (including phenoxy) is 2. The van der Waals surface area contributed by atoms with Crippen molar-refractivity contribution in [3.05, 3.63) is 48.2 Å². The molecular weight excluding hydrogens is 342 g/mol. The Kier molecular flexibility index (Phi) is 5.14. The van der Waals surface area contributed by atoms with Gasteiger partial charge in [0.25, 0.3) is 0 Å². The van der Waals surface area contributed by atoms with E-state index in [-0.39, 0.29) is 11.8 Å². The van der Waals surface area contributed by atoms with Crippen LogP contribution in [0.1, 0.15) is 18.4 Å². The van der Waals surface area contributed by atoms with E-state index in [1.165, 1.54) is 0 Å². The van der Waals surface area contributed by atoms with Gasteiger partial charge in [-0.1, -0.05) is 18.2 Å². The van der Waals surface area contributed by atoms with E-state index in [9.17, 15) is 4.79 Å². The first kappa shape index (κ1) is 17.6. The zero-order valence-electron chi connectivity index (χ0n) is 15.6. The van der Waals surface area contributed by atoms with Crippen LogP contribution in [0.4, 0.5) is 5.82 Å². The summed E-state index contributed by atoms with van der Waals surface area (Å²) < 4.78 is 11.2. The summed E-state index contributed by atoms with van der Waals surface area (Å²) in [6.45, 7) is 1.95. The highest BCUT2D eigenvalue weighted by atomic mass is 16.5. The van der Waals surface area contributed by atoms with Crippen molar-refractivity contribution in [2.45, 2.75) is 25.3 Å². The molecule has 0 saturated carbocycles. The van der Waals surface area contributed by atoms with E-state index in [2.05, 4.69) is 10.3 Å². The molecule has 1 amide bonds. The van der Waals surface area contributed by atoms with Gasteiger partial charge >= 0.3 is 0 Å². The fourth-order valence-corrected chi connectivity index (χ4v) is 3.87. The molecule has 142 valence electrons. The largest absolute Gasteiger partial charge is 0.493 e. The molecule has 1 aromatic carbocycles. The van der Waals surface area contributed by atoms with Crippen molar-refractivity contribution < 1.29 is 14.3 Å². The van der Waals surface area contributed by atoms with E-state index in [1.807, 2.05) is 41.3 Å². The van der Waals surface area contributed by atoms with Gasteiger partial charge in [-0.3, -0.25) is 4.79 Å². The lowest BCUT2D eigenvalue weighted by Gasteiger charge is -2.36. The Morgan fingerprint density at radius 2 is 2.07 bits per heavy atom. The van der Waals surface area contributed by atoms with Crippen LogP contribution >= 0.6 is 0 Å². The quantitative estimate of drug-likeness (QED) is 0.900. The number of para-hydroxylation sites is 1. The molecule has 1 aromatic heterocycles. The highest BCUT2D eigenvalue weighted by Crippen LogP contribution is 2.36. The number of anilines is 1. The molecule has 2 aliphatic rings. The third-order valence-electron chi connectivity index (χ3n) is 5.35. The predicted molar refractivity (Wildman–Crippen MR) is 103 cm³/mol. The lowest BCUT2D eigenvalue weighted by molar-refractivity contribution is -0.137. The summed E-state index contributed by atoms with van der Waals surface area (Å²) in [7, 11) is 1.64. The van der Waals surface area contributed by atoms with Gasteiger partial charge < -0.3 is 19.7 Å². The monoisotopic (exact) mass is 367 g/mol. The van der Waals surface area contributed by atoms with Crippen molar-refractivity contribution >= 4 is 11.7 Å². The molecular formula is C21H25N3O3. The molecule has 2 aliphatic heterocycles. The van der Waals surface area contributed by atoms with Gasteiger partial charge in [0.2, 0.25) is 5.91 Å². The Morgan fingerprint density at radius 3 is 2.81 bits per heavy atom. The van der Waals surface area contributed by atoms with Gasteiger partial charge in [-0.15, -0.1) is 0 Å². The number of amides is 1. The van der Waals surface area contributed by atoms with Crippen LogP contribution in [0.25, 0.3) is 0 Å². The van der Waals surface area contributed by atoms with Gasteiger partial charge in [0.15, 0.2) is 11.5 Å². The average molecular weight is 367 g/mol. The molecule has 1 fully saturated rings. The van der Waals surface area contributed by atoms with Crippen molar-refractivity contribution in [2.75, 3.05) is 32.1 Å². The highest BCUT2D eigenvalue weighted by molar-refractivity contribution is 5.80. The highest BCUT2D eigenvalue weighted by Gasteiger charge is 2.32. The smallest absolute Gasteiger partial charge is 0.229 e. The maximum Gasteiger partial charge on any atom is 0.229 e. The van der Waals surface area contributed by atoms with Crippen molar-refractivity contribution in [3.63, 3.8) is 0 Å². The third-order valence-corrected chi connectivity index (χ3v) is 5.35. The lowest BCUT2D eigenvalue weighted by Crippen LogP contribution is -2.47. The molecule has 1 atom stereocenters. The first-order chi connectivity index (χ1) is 13.2. The normalized spacial score (nSPS) is 19.7. The number of piperidine rings is 1. The number of rotatable bonds is 4. The van der Waals surface area contributed by atoms with Crippen LogP contribution < -0.4 is 14.8 Å². The zero-order valence-corrected chi connectivity index (χ0v) is 15.6. The minimum absolute atomic E-state index is 0.120. The molecule has 6 heteroatoms. The summed E-state index contributed by atoms with van der Waals surface area (Å²) in [5.41, 5.74) is 1.05. The van der Waals surface area contributed by atoms with Crippen LogP contribution in [0.15, 0.2) is 42.6 Å². The van der Waals surface area contributed by atoms with Gasteiger partial charge in [0.1, 0.15) is 12.4 Å². The number of benzene rings is 1. The number of pyridine rings is 1. The van der Waals surface area contributed by atoms with E-state index in [4.69, 9.17) is 9.47 Å². The predicted octanol–water partition coefficient (Wildman–Crippen LogP) is 2.74. The second kappa shape index (κ2) is 7.86. The number of aromatic nitrogens is 1. The summed E-state index contributed by atoms with van der Waals surface area (Å²) in [4.78, 5) is 19.3. The molecule has 3 heterocycles. The number of hydrogen-bond acceptors (Lipinski definition) is 5. The van der Waals surface area contributed by atoms with Crippen molar-refractivity contribution in [3.8, 4) is 11.5 Å². The molecule has 0 bridgehead atoms. The molecule has 0 aliphatic carbocycles. The zero-order chi connectivity index (χ0) is 18.6. The van der Waals surface area contributed by atoms with E-state index in [0.29, 0.717) is 19.1 Å². The number of methoxy groups -OCH3 is 1. The Hall–Kier alpha value is -2.76. The fourth-order valence-electron chi connectivity index (χ4n) is 3.87. The van der Waals surface area contributed by atoms with Crippen molar-refractivity contribution in [2.24, 2.45) is 5.92 Å². The Morgan fingerprint density at radius 1 is 1.22 bits per heavy atom. The van der Waals surface area contributed by atoms with Gasteiger partial charge in [0.05, 0.1) is 13.0 Å². The number of hydrogen-bond donors (Lipinski definition) is 1. The lowest BCUT2D eigenvalue weighted by atomic mass is 9.94. The molecule has 4 rings (SSSR count). The van der Waals surface area contributed by atoms with Crippen LogP contribution in [0.5, 0.6) is 11.5 Å². The van der Waals surface area contributed by atoms with Crippen molar-refractivity contribution in [1.29, 1.82) is 0 Å². The molecule has 0 spiro atoms. The molecule has 1 N–H and O–H groups in total. The number of likely N-dealkylation sites (tertiary alicyclic amines) is 1. The van der Waals surface area contributed by atoms with Crippen LogP contribution in [-0.4, -0.2) is 48.6 Å². The van der Waals surface area contributed by atoms with E-state index < -0.39 is 0 Å². The van der Waals surface area contributed by atoms with Gasteiger partial charge in [-0.25, -0.2) is 4.98 Å². The topological polar surface area (TPSA) is 63.7 Å². The van der Waals surface area contributed by atoms with Crippen LogP contribution in [-0.2, 0) is 11.2 Å². The number of carbonyl (C=O) groups excluding carboxylic acids is 1. The molecule has 0 radical (unpaired) electrons. The first-order valence-electron chi connectivity index (χ1n) is 9.49. The molecule has 1 unspecified atom stereocenters. The second-order valence-corrected chi connectivity index (χ2v) is 7.12. The summed E-state index contributed by atoms with van der Waals surface area (Å²) in [5, 5.41) is 3.46. The summed E-state index contributed by atoms with van der Waals surface area (Å²) >= 11 is 0. The number of fused-ring (bicyclic) bond motifs is 1. The minimum atomic E-state index is -0.120. The maximum atomic E-state index is 13.0. The number of carbonyl (C=O) groups is 1. The van der Waals surface area contributed by atoms with E-state index >= 15 is 0 Å². The summed E-state index contributed by atoms with van der Waals surface area (Å²) in [5.74, 6) is 2.49. The van der Waals surface area contributed by atoms with Crippen LogP contribution in [0, 0.1) is 5.92 Å². The van der Waals surface area contributed by atoms with Crippen molar-refractivity contribution in [1.82, 2.24) is 9.88 Å². The molecule has 27 heavy (non-hydrogen) atoms. The maximum absolute atomic E-state index is 13.0. The van der Waals surface area contributed by atoms with Gasteiger partial charge in [0, 0.05) is 25.3 Å². The Balaban J connectivity index is 1.33. The van der Waals surface area contributed by atoms with Crippen LogP contribution in [0.2, 0.25) is 0 Å². The Bertz CT molecular complexity index is 789. The van der Waals surface area contributed by atoms with E-state index in [1.54, 1.807) is 13.3 Å². The second-order valence-electron chi connectivity index (χ2n) is 7.12. The Labute approximate surface area is 159 Å². The summed E-state index contributed by atoms with van der Waals surface area (Å²) in [6.07, 6.45) is 4.36. The molecule has 1 saturated heterocycles. The number of nitrogens with one attached hydrogen (secondary N) is 1. The van der Waals surface area contributed by atoms with Gasteiger partial charge in [-0.2, -0.15) is 0 Å². The minimum Gasteiger partial charge on any atom is -0.493 e. The van der Waals surface area contributed by atoms with Gasteiger partial charge in [-0.05, 0) is 43.0 Å². The standard InChI is InChI=1S/C21H25N3O3/c1-26-18-6-4-5-15-13-16(14-27-20(15)18)21(25)24-11-8-17(9-12-24)23-19-7-2-3-10-22-19/h2-7,10,16-17H,8-9,11-14H2,1H3,(H,22,23). The average Bonchev–Trinajstić information content (AvgIpc) is 2.73. The van der Waals surface area contributed by atoms with Crippen LogP contribution in [0.3, 0.4) is 0 Å². The molecule has 6 nitrogen and oxygen atoms in total. The fraction of sp³-hybridized carbons (Fsp3) is 0.429. The SMILES string of the molecule is COc1cccc2c1OCC(C(=O)N1CCC(Nc3ccccn3)CC1)C2.